The van der Waals surface area contributed by atoms with Crippen molar-refractivity contribution in [3.8, 4) is 0 Å². The lowest BCUT2D eigenvalue weighted by Crippen LogP contribution is -2.63. The zero-order chi connectivity index (χ0) is 12.5. The summed E-state index contributed by atoms with van der Waals surface area (Å²) < 4.78 is 0. The molecule has 4 nitrogen and oxygen atoms in total. The molecular weight excluding hydrogens is 250 g/mol. The zero-order valence-electron chi connectivity index (χ0n) is 10.1. The minimum atomic E-state index is 0.215. The molecular formula is C13H16ClN3O. The molecule has 18 heavy (non-hydrogen) atoms. The van der Waals surface area contributed by atoms with Crippen LogP contribution in [0.5, 0.6) is 0 Å². The second kappa shape index (κ2) is 4.78. The van der Waals surface area contributed by atoms with E-state index in [0.29, 0.717) is 11.6 Å². The van der Waals surface area contributed by atoms with Gasteiger partial charge in [-0.1, -0.05) is 17.7 Å². The smallest absolute Gasteiger partial charge is 0.242 e. The van der Waals surface area contributed by atoms with Gasteiger partial charge in [0.2, 0.25) is 5.91 Å². The van der Waals surface area contributed by atoms with Crippen molar-refractivity contribution in [3.05, 3.63) is 29.3 Å². The average Bonchev–Trinajstić information content (AvgIpc) is 2.39. The Labute approximate surface area is 112 Å². The number of anilines is 1. The maximum atomic E-state index is 12.1. The van der Waals surface area contributed by atoms with Gasteiger partial charge >= 0.3 is 0 Å². The molecule has 1 N–H and O–H groups in total. The second-order valence-corrected chi connectivity index (χ2v) is 5.24. The summed E-state index contributed by atoms with van der Waals surface area (Å²) >= 11 is 6.00. The quantitative estimate of drug-likeness (QED) is 0.822. The fraction of sp³-hybridized carbons (Fsp3) is 0.462. The number of piperazine rings is 2. The molecule has 2 aliphatic heterocycles. The highest BCUT2D eigenvalue weighted by Gasteiger charge is 2.33. The molecule has 1 amide bonds. The summed E-state index contributed by atoms with van der Waals surface area (Å²) in [5.41, 5.74) is 1.03. The number of hydrogen-bond acceptors (Lipinski definition) is 3. The fourth-order valence-corrected chi connectivity index (χ4v) is 2.88. The Hall–Kier alpha value is -1.26. The lowest BCUT2D eigenvalue weighted by molar-refractivity contribution is -0.134. The molecule has 0 spiro atoms. The van der Waals surface area contributed by atoms with Gasteiger partial charge in [0, 0.05) is 36.9 Å². The van der Waals surface area contributed by atoms with E-state index >= 15 is 0 Å². The summed E-state index contributed by atoms with van der Waals surface area (Å²) in [6.07, 6.45) is 0. The highest BCUT2D eigenvalue weighted by molar-refractivity contribution is 6.30. The monoisotopic (exact) mass is 265 g/mol. The first-order chi connectivity index (χ1) is 8.74. The molecule has 2 aliphatic rings. The van der Waals surface area contributed by atoms with Gasteiger partial charge in [-0.25, -0.2) is 0 Å². The van der Waals surface area contributed by atoms with Gasteiger partial charge in [-0.15, -0.1) is 0 Å². The molecule has 1 unspecified atom stereocenters. The highest BCUT2D eigenvalue weighted by atomic mass is 35.5. The lowest BCUT2D eigenvalue weighted by atomic mass is 10.1. The first-order valence-corrected chi connectivity index (χ1v) is 6.62. The van der Waals surface area contributed by atoms with Crippen LogP contribution in [0.15, 0.2) is 24.3 Å². The number of nitrogens with one attached hydrogen (secondary N) is 1. The van der Waals surface area contributed by atoms with Crippen LogP contribution in [-0.2, 0) is 4.79 Å². The van der Waals surface area contributed by atoms with Gasteiger partial charge in [0.25, 0.3) is 0 Å². The Bertz CT molecular complexity index is 465. The molecule has 0 aliphatic carbocycles. The Balaban J connectivity index is 1.81. The Morgan fingerprint density at radius 2 is 2.28 bits per heavy atom. The molecule has 5 heteroatoms. The number of rotatable bonds is 1. The first kappa shape index (κ1) is 11.8. The predicted octanol–water partition coefficient (Wildman–Crippen LogP) is 0.960. The van der Waals surface area contributed by atoms with Crippen LogP contribution in [0.4, 0.5) is 5.69 Å². The Morgan fingerprint density at radius 3 is 3.11 bits per heavy atom. The average molecular weight is 266 g/mol. The van der Waals surface area contributed by atoms with Crippen LogP contribution in [0.2, 0.25) is 5.02 Å². The lowest BCUT2D eigenvalue weighted by Gasteiger charge is -2.44. The number of halogens is 1. The van der Waals surface area contributed by atoms with Crippen LogP contribution in [0.1, 0.15) is 0 Å². The summed E-state index contributed by atoms with van der Waals surface area (Å²) in [6.45, 7) is 3.94. The number of carbonyl (C=O) groups is 1. The maximum absolute atomic E-state index is 12.1. The van der Waals surface area contributed by atoms with Crippen molar-refractivity contribution in [1.29, 1.82) is 0 Å². The summed E-state index contributed by atoms with van der Waals surface area (Å²) in [6, 6.07) is 7.98. The van der Waals surface area contributed by atoms with Gasteiger partial charge in [-0.3, -0.25) is 4.79 Å². The molecule has 1 aromatic carbocycles. The highest BCUT2D eigenvalue weighted by Crippen LogP contribution is 2.23. The van der Waals surface area contributed by atoms with E-state index in [9.17, 15) is 4.79 Å². The van der Waals surface area contributed by atoms with Crippen molar-refractivity contribution in [2.75, 3.05) is 37.6 Å². The minimum Gasteiger partial charge on any atom is -0.360 e. The molecule has 1 atom stereocenters. The van der Waals surface area contributed by atoms with Gasteiger partial charge in [0.05, 0.1) is 12.6 Å². The summed E-state index contributed by atoms with van der Waals surface area (Å²) in [5.74, 6) is 0.215. The predicted molar refractivity (Wildman–Crippen MR) is 72.0 cm³/mol. The molecule has 0 aromatic heterocycles. The van der Waals surface area contributed by atoms with Crippen molar-refractivity contribution in [3.63, 3.8) is 0 Å². The zero-order valence-corrected chi connectivity index (χ0v) is 10.9. The molecule has 0 bridgehead atoms. The number of amides is 1. The molecule has 2 heterocycles. The standard InChI is InChI=1S/C13H16ClN3O/c14-10-2-1-3-11(6-10)16-8-12-7-15-4-5-17(12)13(18)9-16/h1-3,6,12,15H,4-5,7-9H2. The van der Waals surface area contributed by atoms with Gasteiger partial charge in [-0.2, -0.15) is 0 Å². The van der Waals surface area contributed by atoms with Gasteiger partial charge in [0.15, 0.2) is 0 Å². The number of carbonyl (C=O) groups excluding carboxylic acids is 1. The van der Waals surface area contributed by atoms with Crippen molar-refractivity contribution < 1.29 is 4.79 Å². The van der Waals surface area contributed by atoms with Crippen LogP contribution >= 0.6 is 11.6 Å². The largest absolute Gasteiger partial charge is 0.360 e. The number of benzene rings is 1. The van der Waals surface area contributed by atoms with Crippen LogP contribution in [0.3, 0.4) is 0 Å². The first-order valence-electron chi connectivity index (χ1n) is 6.25. The van der Waals surface area contributed by atoms with E-state index in [4.69, 9.17) is 11.6 Å². The second-order valence-electron chi connectivity index (χ2n) is 4.81. The molecule has 2 saturated heterocycles. The molecule has 0 saturated carbocycles. The van der Waals surface area contributed by atoms with Crippen molar-refractivity contribution >= 4 is 23.2 Å². The van der Waals surface area contributed by atoms with Crippen LogP contribution in [0, 0.1) is 0 Å². The molecule has 96 valence electrons. The van der Waals surface area contributed by atoms with Crippen molar-refractivity contribution in [2.45, 2.75) is 6.04 Å². The van der Waals surface area contributed by atoms with E-state index in [1.165, 1.54) is 0 Å². The normalized spacial score (nSPS) is 24.1. The van der Waals surface area contributed by atoms with Gasteiger partial charge in [-0.05, 0) is 18.2 Å². The number of hydrogen-bond donors (Lipinski definition) is 1. The van der Waals surface area contributed by atoms with E-state index in [0.717, 1.165) is 31.9 Å². The van der Waals surface area contributed by atoms with E-state index in [1.54, 1.807) is 0 Å². The SMILES string of the molecule is O=C1CN(c2cccc(Cl)c2)CC2CNCCN12. The van der Waals surface area contributed by atoms with Crippen molar-refractivity contribution in [1.82, 2.24) is 10.2 Å². The molecule has 0 radical (unpaired) electrons. The number of fused-ring (bicyclic) bond motifs is 1. The topological polar surface area (TPSA) is 35.6 Å². The number of nitrogens with zero attached hydrogens (tertiary/aromatic N) is 2. The van der Waals surface area contributed by atoms with E-state index in [-0.39, 0.29) is 11.9 Å². The van der Waals surface area contributed by atoms with E-state index in [1.807, 2.05) is 29.2 Å². The third kappa shape index (κ3) is 2.18. The van der Waals surface area contributed by atoms with Crippen LogP contribution < -0.4 is 10.2 Å². The minimum absolute atomic E-state index is 0.215. The maximum Gasteiger partial charge on any atom is 0.242 e. The summed E-state index contributed by atoms with van der Waals surface area (Å²) in [7, 11) is 0. The van der Waals surface area contributed by atoms with Crippen LogP contribution in [-0.4, -0.2) is 49.6 Å². The fourth-order valence-electron chi connectivity index (χ4n) is 2.69. The van der Waals surface area contributed by atoms with E-state index in [2.05, 4.69) is 10.2 Å². The molecule has 2 fully saturated rings. The summed E-state index contributed by atoms with van der Waals surface area (Å²) in [4.78, 5) is 16.2. The third-order valence-corrected chi connectivity index (χ3v) is 3.84. The molecule has 3 rings (SSSR count). The van der Waals surface area contributed by atoms with E-state index < -0.39 is 0 Å². The van der Waals surface area contributed by atoms with Gasteiger partial charge in [0.1, 0.15) is 0 Å². The Kier molecular flexibility index (Phi) is 3.14. The third-order valence-electron chi connectivity index (χ3n) is 3.60. The summed E-state index contributed by atoms with van der Waals surface area (Å²) in [5, 5.41) is 4.05. The van der Waals surface area contributed by atoms with Crippen LogP contribution in [0.25, 0.3) is 0 Å². The molecule has 1 aromatic rings. The van der Waals surface area contributed by atoms with Crippen molar-refractivity contribution in [2.24, 2.45) is 0 Å². The Morgan fingerprint density at radius 1 is 1.39 bits per heavy atom. The van der Waals surface area contributed by atoms with Gasteiger partial charge < -0.3 is 15.1 Å².